The molecule has 1 aromatic rings. The van der Waals surface area contributed by atoms with E-state index in [0.29, 0.717) is 6.04 Å². The molecule has 1 aromatic heterocycles. The average molecular weight is 364 g/mol. The zero-order chi connectivity index (χ0) is 18.9. The number of aryl methyl sites for hydroxylation is 1. The largest absolute Gasteiger partial charge is 0.243 e. The first kappa shape index (κ1) is 23.2. The molecule has 0 aliphatic heterocycles. The molecule has 1 unspecified atom stereocenters. The van der Waals surface area contributed by atoms with Crippen molar-refractivity contribution in [2.75, 3.05) is 0 Å². The molecule has 0 aliphatic rings. The molecule has 26 heavy (non-hydrogen) atoms. The lowest BCUT2D eigenvalue weighted by atomic mass is 9.99. The maximum absolute atomic E-state index is 2.47. The molecule has 0 spiro atoms. The second kappa shape index (κ2) is 16.4. The number of rotatable bonds is 18. The number of imidazole rings is 1. The van der Waals surface area contributed by atoms with E-state index in [4.69, 9.17) is 0 Å². The van der Waals surface area contributed by atoms with E-state index in [9.17, 15) is 0 Å². The molecule has 152 valence electrons. The number of aromatic nitrogens is 2. The Morgan fingerprint density at radius 2 is 1.08 bits per heavy atom. The highest BCUT2D eigenvalue weighted by Gasteiger charge is 2.15. The molecule has 1 atom stereocenters. The standard InChI is InChI=1S/C24H47N2/c1-4-6-8-10-12-14-16-18-20-24(26-22-21-25(3)23-26)19-17-15-13-11-9-7-5-2/h21-24H,4-20H2,1-3H3/q+1. The van der Waals surface area contributed by atoms with Gasteiger partial charge in [-0.25, -0.2) is 9.13 Å². The fourth-order valence-corrected chi connectivity index (χ4v) is 3.98. The molecular weight excluding hydrogens is 316 g/mol. The molecule has 0 aromatic carbocycles. The fraction of sp³-hybridized carbons (Fsp3) is 0.875. The Hall–Kier alpha value is -0.790. The van der Waals surface area contributed by atoms with Crippen LogP contribution in [0.25, 0.3) is 0 Å². The van der Waals surface area contributed by atoms with Crippen LogP contribution < -0.4 is 4.57 Å². The molecular formula is C24H47N2+. The smallest absolute Gasteiger partial charge is 0.240 e. The number of hydrogen-bond donors (Lipinski definition) is 0. The lowest BCUT2D eigenvalue weighted by Gasteiger charge is -2.14. The Balaban J connectivity index is 2.19. The van der Waals surface area contributed by atoms with Gasteiger partial charge in [-0.2, -0.15) is 0 Å². The molecule has 0 radical (unpaired) electrons. The zero-order valence-electron chi connectivity index (χ0n) is 18.2. The van der Waals surface area contributed by atoms with Gasteiger partial charge in [0.25, 0.3) is 0 Å². The van der Waals surface area contributed by atoms with Crippen LogP contribution in [0.15, 0.2) is 18.7 Å². The van der Waals surface area contributed by atoms with Crippen LogP contribution in [0.4, 0.5) is 0 Å². The van der Waals surface area contributed by atoms with Crippen molar-refractivity contribution < 1.29 is 4.57 Å². The third-order valence-corrected chi connectivity index (χ3v) is 5.74. The summed E-state index contributed by atoms with van der Waals surface area (Å²) >= 11 is 0. The van der Waals surface area contributed by atoms with Gasteiger partial charge in [0.05, 0.1) is 7.05 Å². The third kappa shape index (κ3) is 11.8. The Bertz CT molecular complexity index is 410. The van der Waals surface area contributed by atoms with Gasteiger partial charge >= 0.3 is 0 Å². The second-order valence-corrected chi connectivity index (χ2v) is 8.35. The van der Waals surface area contributed by atoms with Crippen molar-refractivity contribution in [3.8, 4) is 0 Å². The minimum absolute atomic E-state index is 0.715. The summed E-state index contributed by atoms with van der Waals surface area (Å²) in [6.45, 7) is 4.60. The molecule has 0 fully saturated rings. The zero-order valence-corrected chi connectivity index (χ0v) is 18.2. The summed E-state index contributed by atoms with van der Waals surface area (Å²) in [6.07, 6.45) is 30.7. The van der Waals surface area contributed by atoms with Crippen LogP contribution >= 0.6 is 0 Å². The monoisotopic (exact) mass is 363 g/mol. The third-order valence-electron chi connectivity index (χ3n) is 5.74. The van der Waals surface area contributed by atoms with Gasteiger partial charge in [0.15, 0.2) is 0 Å². The predicted molar refractivity (Wildman–Crippen MR) is 114 cm³/mol. The molecule has 0 N–H and O–H groups in total. The van der Waals surface area contributed by atoms with Crippen molar-refractivity contribution >= 4 is 0 Å². The van der Waals surface area contributed by atoms with Crippen molar-refractivity contribution in [2.24, 2.45) is 7.05 Å². The van der Waals surface area contributed by atoms with Crippen molar-refractivity contribution in [2.45, 2.75) is 129 Å². The van der Waals surface area contributed by atoms with E-state index in [1.54, 1.807) is 0 Å². The summed E-state index contributed by atoms with van der Waals surface area (Å²) in [5.41, 5.74) is 0. The Morgan fingerprint density at radius 1 is 0.654 bits per heavy atom. The van der Waals surface area contributed by atoms with Crippen molar-refractivity contribution in [3.63, 3.8) is 0 Å². The van der Waals surface area contributed by atoms with Crippen LogP contribution in [-0.2, 0) is 7.05 Å². The maximum Gasteiger partial charge on any atom is 0.243 e. The number of unbranched alkanes of at least 4 members (excludes halogenated alkanes) is 13. The molecule has 2 heteroatoms. The molecule has 0 amide bonds. The van der Waals surface area contributed by atoms with Crippen molar-refractivity contribution in [1.29, 1.82) is 0 Å². The molecule has 0 saturated carbocycles. The molecule has 0 bridgehead atoms. The van der Waals surface area contributed by atoms with Gasteiger partial charge in [-0.15, -0.1) is 0 Å². The first-order valence-electron chi connectivity index (χ1n) is 11.8. The summed E-state index contributed by atoms with van der Waals surface area (Å²) in [7, 11) is 2.14. The Kier molecular flexibility index (Phi) is 14.7. The number of nitrogens with zero attached hydrogens (tertiary/aromatic N) is 2. The molecule has 1 heterocycles. The van der Waals surface area contributed by atoms with Gasteiger partial charge in [-0.3, -0.25) is 0 Å². The van der Waals surface area contributed by atoms with Crippen LogP contribution in [0.3, 0.4) is 0 Å². The molecule has 1 rings (SSSR count). The van der Waals surface area contributed by atoms with E-state index in [1.165, 1.54) is 109 Å². The normalized spacial score (nSPS) is 12.6. The minimum atomic E-state index is 0.715. The highest BCUT2D eigenvalue weighted by atomic mass is 15.1. The highest BCUT2D eigenvalue weighted by Crippen LogP contribution is 2.23. The van der Waals surface area contributed by atoms with E-state index >= 15 is 0 Å². The summed E-state index contributed by atoms with van der Waals surface area (Å²) in [5, 5.41) is 0. The van der Waals surface area contributed by atoms with Gasteiger partial charge in [-0.1, -0.05) is 97.3 Å². The van der Waals surface area contributed by atoms with Gasteiger partial charge < -0.3 is 0 Å². The number of hydrogen-bond acceptors (Lipinski definition) is 0. The van der Waals surface area contributed by atoms with Crippen LogP contribution in [0.1, 0.15) is 129 Å². The fourth-order valence-electron chi connectivity index (χ4n) is 3.98. The van der Waals surface area contributed by atoms with Crippen LogP contribution in [-0.4, -0.2) is 4.57 Å². The van der Waals surface area contributed by atoms with E-state index in [2.05, 4.69) is 48.8 Å². The van der Waals surface area contributed by atoms with Gasteiger partial charge in [-0.05, 0) is 25.7 Å². The summed E-state index contributed by atoms with van der Waals surface area (Å²) in [6, 6.07) is 0.715. The first-order chi connectivity index (χ1) is 12.8. The van der Waals surface area contributed by atoms with Crippen molar-refractivity contribution in [1.82, 2.24) is 4.57 Å². The molecule has 0 saturated heterocycles. The topological polar surface area (TPSA) is 8.81 Å². The lowest BCUT2D eigenvalue weighted by Crippen LogP contribution is -2.24. The quantitative estimate of drug-likeness (QED) is 0.188. The maximum atomic E-state index is 2.47. The van der Waals surface area contributed by atoms with Gasteiger partial charge in [0, 0.05) is 0 Å². The minimum Gasteiger partial charge on any atom is -0.240 e. The van der Waals surface area contributed by atoms with E-state index in [0.717, 1.165) is 0 Å². The summed E-state index contributed by atoms with van der Waals surface area (Å²) < 4.78 is 4.66. The van der Waals surface area contributed by atoms with Crippen LogP contribution in [0, 0.1) is 0 Å². The summed E-state index contributed by atoms with van der Waals surface area (Å²) in [4.78, 5) is 0. The molecule has 2 nitrogen and oxygen atoms in total. The SMILES string of the molecule is CCCCCCCCCCC(CCCCCCCCC)n1cc[n+](C)c1. The average Bonchev–Trinajstić information content (AvgIpc) is 3.07. The Labute approximate surface area is 164 Å². The van der Waals surface area contributed by atoms with Crippen LogP contribution in [0.5, 0.6) is 0 Å². The predicted octanol–water partition coefficient (Wildman–Crippen LogP) is 7.53. The van der Waals surface area contributed by atoms with Gasteiger partial charge in [0.1, 0.15) is 18.4 Å². The summed E-state index contributed by atoms with van der Waals surface area (Å²) in [5.74, 6) is 0. The van der Waals surface area contributed by atoms with Crippen molar-refractivity contribution in [3.05, 3.63) is 18.7 Å². The van der Waals surface area contributed by atoms with E-state index < -0.39 is 0 Å². The lowest BCUT2D eigenvalue weighted by molar-refractivity contribution is -0.671. The van der Waals surface area contributed by atoms with Crippen LogP contribution in [0.2, 0.25) is 0 Å². The first-order valence-corrected chi connectivity index (χ1v) is 11.8. The highest BCUT2D eigenvalue weighted by molar-refractivity contribution is 4.75. The molecule has 0 aliphatic carbocycles. The second-order valence-electron chi connectivity index (χ2n) is 8.35. The Morgan fingerprint density at radius 3 is 1.46 bits per heavy atom. The van der Waals surface area contributed by atoms with Gasteiger partial charge in [0.2, 0.25) is 6.33 Å². The van der Waals surface area contributed by atoms with E-state index in [1.807, 2.05) is 0 Å². The van der Waals surface area contributed by atoms with E-state index in [-0.39, 0.29) is 0 Å².